The van der Waals surface area contributed by atoms with Crippen molar-refractivity contribution in [2.45, 2.75) is 17.2 Å². The largest absolute Gasteiger partial charge is 0.330 e. The predicted molar refractivity (Wildman–Crippen MR) is 70.3 cm³/mol. The van der Waals surface area contributed by atoms with Crippen molar-refractivity contribution in [1.29, 1.82) is 0 Å². The van der Waals surface area contributed by atoms with Crippen molar-refractivity contribution in [2.24, 2.45) is 5.84 Å². The van der Waals surface area contributed by atoms with Gasteiger partial charge in [0.1, 0.15) is 5.50 Å². The number of para-hydroxylation sites is 1. The highest BCUT2D eigenvalue weighted by molar-refractivity contribution is 8.01. The highest BCUT2D eigenvalue weighted by Gasteiger charge is 2.33. The zero-order valence-corrected chi connectivity index (χ0v) is 10.4. The molecule has 0 aliphatic carbocycles. The number of carbonyl (C=O) groups is 2. The molecule has 7 heteroatoms. The minimum absolute atomic E-state index is 0.129. The van der Waals surface area contributed by atoms with E-state index in [4.69, 9.17) is 5.84 Å². The summed E-state index contributed by atoms with van der Waals surface area (Å²) < 4.78 is 0. The lowest BCUT2D eigenvalue weighted by Gasteiger charge is -2.08. The minimum atomic E-state index is -0.408. The summed E-state index contributed by atoms with van der Waals surface area (Å²) in [6.45, 7) is 0. The van der Waals surface area contributed by atoms with E-state index in [-0.39, 0.29) is 23.7 Å². The van der Waals surface area contributed by atoms with Crippen LogP contribution in [0.25, 0.3) is 0 Å². The van der Waals surface area contributed by atoms with Crippen molar-refractivity contribution in [3.05, 3.63) is 30.3 Å². The molecule has 0 aromatic heterocycles. The van der Waals surface area contributed by atoms with E-state index < -0.39 is 5.25 Å². The summed E-state index contributed by atoms with van der Waals surface area (Å²) in [4.78, 5) is 23.3. The van der Waals surface area contributed by atoms with Crippen LogP contribution >= 0.6 is 11.8 Å². The van der Waals surface area contributed by atoms with Crippen LogP contribution < -0.4 is 21.9 Å². The van der Waals surface area contributed by atoms with E-state index in [2.05, 4.69) is 16.1 Å². The van der Waals surface area contributed by atoms with E-state index in [1.54, 1.807) is 12.1 Å². The SMILES string of the molecule is NNC1NC(=O)[C@H](CC(=O)Nc2ccccc2)S1. The number of hydrazine groups is 1. The minimum Gasteiger partial charge on any atom is -0.330 e. The van der Waals surface area contributed by atoms with Crippen LogP contribution in [0.2, 0.25) is 0 Å². The van der Waals surface area contributed by atoms with Gasteiger partial charge >= 0.3 is 0 Å². The van der Waals surface area contributed by atoms with Gasteiger partial charge in [-0.25, -0.2) is 5.43 Å². The maximum Gasteiger partial charge on any atom is 0.235 e. The number of rotatable bonds is 4. The fourth-order valence-corrected chi connectivity index (χ4v) is 2.64. The van der Waals surface area contributed by atoms with Crippen LogP contribution in [0.3, 0.4) is 0 Å². The fourth-order valence-electron chi connectivity index (χ4n) is 1.61. The van der Waals surface area contributed by atoms with Crippen molar-refractivity contribution in [3.8, 4) is 0 Å². The van der Waals surface area contributed by atoms with Crippen LogP contribution in [0.4, 0.5) is 5.69 Å². The van der Waals surface area contributed by atoms with Crippen molar-refractivity contribution in [2.75, 3.05) is 5.32 Å². The van der Waals surface area contributed by atoms with Crippen LogP contribution in [0.15, 0.2) is 30.3 Å². The molecule has 1 aromatic rings. The molecule has 2 atom stereocenters. The lowest BCUT2D eigenvalue weighted by Crippen LogP contribution is -2.41. The highest BCUT2D eigenvalue weighted by atomic mass is 32.2. The molecule has 1 saturated heterocycles. The Kier molecular flexibility index (Phi) is 4.19. The van der Waals surface area contributed by atoms with Crippen LogP contribution in [0.1, 0.15) is 6.42 Å². The molecule has 0 bridgehead atoms. The molecule has 1 fully saturated rings. The van der Waals surface area contributed by atoms with Gasteiger partial charge in [-0.2, -0.15) is 0 Å². The van der Waals surface area contributed by atoms with Gasteiger partial charge in [-0.05, 0) is 12.1 Å². The number of hydrogen-bond donors (Lipinski definition) is 4. The van der Waals surface area contributed by atoms with Crippen LogP contribution in [-0.4, -0.2) is 22.6 Å². The van der Waals surface area contributed by atoms with Crippen LogP contribution in [-0.2, 0) is 9.59 Å². The Balaban J connectivity index is 1.87. The second-order valence-electron chi connectivity index (χ2n) is 3.80. The molecule has 5 N–H and O–H groups in total. The summed E-state index contributed by atoms with van der Waals surface area (Å²) >= 11 is 1.30. The molecule has 2 rings (SSSR count). The molecule has 1 heterocycles. The second kappa shape index (κ2) is 5.85. The summed E-state index contributed by atoms with van der Waals surface area (Å²) in [5.74, 6) is 4.86. The summed E-state index contributed by atoms with van der Waals surface area (Å²) in [5.41, 5.74) is 2.84. The first-order chi connectivity index (χ1) is 8.69. The smallest absolute Gasteiger partial charge is 0.235 e. The van der Waals surface area contributed by atoms with Gasteiger partial charge in [0.15, 0.2) is 0 Å². The van der Waals surface area contributed by atoms with Gasteiger partial charge < -0.3 is 10.6 Å². The Morgan fingerprint density at radius 3 is 2.72 bits per heavy atom. The number of nitrogens with one attached hydrogen (secondary N) is 3. The quantitative estimate of drug-likeness (QED) is 0.454. The normalized spacial score (nSPS) is 22.6. The molecule has 18 heavy (non-hydrogen) atoms. The van der Waals surface area contributed by atoms with Crippen molar-refractivity contribution in [3.63, 3.8) is 0 Å². The van der Waals surface area contributed by atoms with Crippen molar-refractivity contribution in [1.82, 2.24) is 10.7 Å². The van der Waals surface area contributed by atoms with E-state index in [0.29, 0.717) is 0 Å². The Morgan fingerprint density at radius 2 is 2.11 bits per heavy atom. The molecule has 1 aliphatic heterocycles. The first-order valence-corrected chi connectivity index (χ1v) is 6.40. The Bertz CT molecular complexity index is 440. The molecule has 0 spiro atoms. The average molecular weight is 266 g/mol. The van der Waals surface area contributed by atoms with Gasteiger partial charge in [0.2, 0.25) is 11.8 Å². The Hall–Kier alpha value is -1.57. The lowest BCUT2D eigenvalue weighted by molar-refractivity contribution is -0.123. The van der Waals surface area contributed by atoms with E-state index >= 15 is 0 Å². The monoisotopic (exact) mass is 266 g/mol. The third-order valence-electron chi connectivity index (χ3n) is 2.45. The first-order valence-electron chi connectivity index (χ1n) is 5.46. The summed E-state index contributed by atoms with van der Waals surface area (Å²) in [5, 5.41) is 4.96. The highest BCUT2D eigenvalue weighted by Crippen LogP contribution is 2.24. The van der Waals surface area contributed by atoms with Crippen LogP contribution in [0.5, 0.6) is 0 Å². The Morgan fingerprint density at radius 1 is 1.39 bits per heavy atom. The number of nitrogens with two attached hydrogens (primary N) is 1. The number of carbonyl (C=O) groups excluding carboxylic acids is 2. The fraction of sp³-hybridized carbons (Fsp3) is 0.273. The van der Waals surface area contributed by atoms with E-state index in [9.17, 15) is 9.59 Å². The number of anilines is 1. The number of benzene rings is 1. The zero-order valence-electron chi connectivity index (χ0n) is 9.55. The molecule has 0 saturated carbocycles. The second-order valence-corrected chi connectivity index (χ2v) is 5.11. The molecular formula is C11H14N4O2S. The van der Waals surface area contributed by atoms with Gasteiger partial charge in [0, 0.05) is 12.1 Å². The topological polar surface area (TPSA) is 96.2 Å². The summed E-state index contributed by atoms with van der Waals surface area (Å²) in [6, 6.07) is 9.13. The third kappa shape index (κ3) is 3.22. The molecule has 2 amide bonds. The molecule has 0 radical (unpaired) electrons. The number of hydrogen-bond acceptors (Lipinski definition) is 5. The number of thioether (sulfide) groups is 1. The molecule has 1 aromatic carbocycles. The third-order valence-corrected chi connectivity index (χ3v) is 3.68. The maximum absolute atomic E-state index is 11.8. The molecule has 6 nitrogen and oxygen atoms in total. The summed E-state index contributed by atoms with van der Waals surface area (Å²) in [7, 11) is 0. The maximum atomic E-state index is 11.8. The van der Waals surface area contributed by atoms with Crippen LogP contribution in [0, 0.1) is 0 Å². The van der Waals surface area contributed by atoms with Crippen molar-refractivity contribution < 1.29 is 9.59 Å². The van der Waals surface area contributed by atoms with E-state index in [0.717, 1.165) is 5.69 Å². The van der Waals surface area contributed by atoms with Gasteiger partial charge in [-0.15, -0.1) is 11.8 Å². The standard InChI is InChI=1S/C11H14N4O2S/c12-15-11-14-10(17)8(18-11)6-9(16)13-7-4-2-1-3-5-7/h1-5,8,11,15H,6,12H2,(H,13,16)(H,14,17)/t8-,11?/m0/s1. The van der Waals surface area contributed by atoms with Gasteiger partial charge in [0.05, 0.1) is 5.25 Å². The van der Waals surface area contributed by atoms with E-state index in [1.807, 2.05) is 18.2 Å². The molecule has 96 valence electrons. The van der Waals surface area contributed by atoms with E-state index in [1.165, 1.54) is 11.8 Å². The van der Waals surface area contributed by atoms with Gasteiger partial charge in [0.25, 0.3) is 0 Å². The van der Waals surface area contributed by atoms with Crippen molar-refractivity contribution >= 4 is 29.3 Å². The molecule has 1 aliphatic rings. The zero-order chi connectivity index (χ0) is 13.0. The number of amides is 2. The predicted octanol–water partition coefficient (Wildman–Crippen LogP) is -0.00630. The summed E-state index contributed by atoms with van der Waals surface area (Å²) in [6.07, 6.45) is 0.129. The lowest BCUT2D eigenvalue weighted by atomic mass is 10.2. The first kappa shape index (κ1) is 12.9. The van der Waals surface area contributed by atoms with Gasteiger partial charge in [-0.3, -0.25) is 15.4 Å². The Labute approximate surface area is 109 Å². The average Bonchev–Trinajstić information content (AvgIpc) is 2.71. The molecular weight excluding hydrogens is 252 g/mol. The molecule has 1 unspecified atom stereocenters. The van der Waals surface area contributed by atoms with Gasteiger partial charge in [-0.1, -0.05) is 18.2 Å².